The number of carbonyl (C=O) groups is 1. The Balaban J connectivity index is 1.70. The summed E-state index contributed by atoms with van der Waals surface area (Å²) in [5.74, 6) is -0.126. The minimum absolute atomic E-state index is 0.103. The zero-order valence-corrected chi connectivity index (χ0v) is 9.99. The molecule has 0 unspecified atom stereocenters. The molecule has 98 valence electrons. The molecule has 1 aliphatic carbocycles. The number of amides is 1. The molecule has 2 rings (SSSR count). The lowest BCUT2D eigenvalue weighted by Gasteiger charge is -2.13. The smallest absolute Gasteiger partial charge is 0.257 e. The molecule has 1 aliphatic rings. The van der Waals surface area contributed by atoms with Crippen LogP contribution in [0.15, 0.2) is 24.3 Å². The number of halogens is 1. The monoisotopic (exact) mass is 253 g/mol. The van der Waals surface area contributed by atoms with E-state index in [2.05, 4.69) is 5.32 Å². The lowest BCUT2D eigenvalue weighted by atomic mass is 10.1. The molecule has 18 heavy (non-hydrogen) atoms. The molecule has 2 N–H and O–H groups in total. The molecule has 1 saturated carbocycles. The summed E-state index contributed by atoms with van der Waals surface area (Å²) >= 11 is 0. The quantitative estimate of drug-likeness (QED) is 0.798. The van der Waals surface area contributed by atoms with Gasteiger partial charge in [0.05, 0.1) is 6.61 Å². The van der Waals surface area contributed by atoms with Gasteiger partial charge in [-0.05, 0) is 37.1 Å². The number of hydrogen-bond donors (Lipinski definition) is 2. The van der Waals surface area contributed by atoms with E-state index in [1.807, 2.05) is 0 Å². The Hall–Kier alpha value is -1.62. The third-order valence-electron chi connectivity index (χ3n) is 3.14. The van der Waals surface area contributed by atoms with Crippen molar-refractivity contribution in [2.75, 3.05) is 19.8 Å². The molecule has 0 aliphatic heterocycles. The fourth-order valence-corrected chi connectivity index (χ4v) is 1.58. The first-order chi connectivity index (χ1) is 8.63. The summed E-state index contributed by atoms with van der Waals surface area (Å²) < 4.78 is 17.8. The summed E-state index contributed by atoms with van der Waals surface area (Å²) in [6.45, 7) is 0.481. The average Bonchev–Trinajstić information content (AvgIpc) is 3.16. The molecule has 1 aromatic carbocycles. The second kappa shape index (κ2) is 5.35. The van der Waals surface area contributed by atoms with Crippen LogP contribution < -0.4 is 10.1 Å². The van der Waals surface area contributed by atoms with Crippen molar-refractivity contribution in [2.45, 2.75) is 12.8 Å². The Morgan fingerprint density at radius 1 is 1.39 bits per heavy atom. The predicted molar refractivity (Wildman–Crippen MR) is 63.7 cm³/mol. The molecule has 0 atom stereocenters. The molecule has 0 saturated heterocycles. The molecule has 0 spiro atoms. The van der Waals surface area contributed by atoms with Gasteiger partial charge in [0.15, 0.2) is 6.61 Å². The van der Waals surface area contributed by atoms with Crippen molar-refractivity contribution < 1.29 is 19.0 Å². The van der Waals surface area contributed by atoms with Gasteiger partial charge in [0.2, 0.25) is 0 Å². The average molecular weight is 253 g/mol. The third-order valence-corrected chi connectivity index (χ3v) is 3.14. The maximum absolute atomic E-state index is 12.6. The Morgan fingerprint density at radius 3 is 2.61 bits per heavy atom. The van der Waals surface area contributed by atoms with E-state index in [9.17, 15) is 9.18 Å². The maximum Gasteiger partial charge on any atom is 0.257 e. The number of hydrogen-bond acceptors (Lipinski definition) is 3. The second-order valence-corrected chi connectivity index (χ2v) is 4.68. The first kappa shape index (κ1) is 12.8. The van der Waals surface area contributed by atoms with E-state index in [1.54, 1.807) is 0 Å². The van der Waals surface area contributed by atoms with Gasteiger partial charge < -0.3 is 15.2 Å². The number of rotatable bonds is 6. The van der Waals surface area contributed by atoms with Crippen molar-refractivity contribution in [3.63, 3.8) is 0 Å². The molecule has 0 heterocycles. The van der Waals surface area contributed by atoms with Crippen LogP contribution in [0.1, 0.15) is 12.8 Å². The van der Waals surface area contributed by atoms with E-state index in [0.29, 0.717) is 12.3 Å². The summed E-state index contributed by atoms with van der Waals surface area (Å²) in [6.07, 6.45) is 1.89. The van der Waals surface area contributed by atoms with E-state index in [4.69, 9.17) is 9.84 Å². The van der Waals surface area contributed by atoms with Crippen molar-refractivity contribution in [2.24, 2.45) is 5.41 Å². The number of ether oxygens (including phenoxy) is 1. The van der Waals surface area contributed by atoms with Crippen LogP contribution in [0.25, 0.3) is 0 Å². The van der Waals surface area contributed by atoms with Crippen molar-refractivity contribution in [3.8, 4) is 5.75 Å². The zero-order valence-electron chi connectivity index (χ0n) is 9.99. The van der Waals surface area contributed by atoms with Gasteiger partial charge in [0.25, 0.3) is 5.91 Å². The van der Waals surface area contributed by atoms with E-state index >= 15 is 0 Å². The summed E-state index contributed by atoms with van der Waals surface area (Å²) in [4.78, 5) is 11.5. The van der Waals surface area contributed by atoms with Crippen molar-refractivity contribution >= 4 is 5.91 Å². The number of aliphatic hydroxyl groups is 1. The van der Waals surface area contributed by atoms with E-state index < -0.39 is 0 Å². The normalized spacial score (nSPS) is 16.1. The van der Waals surface area contributed by atoms with E-state index in [0.717, 1.165) is 12.8 Å². The minimum atomic E-state index is -0.342. The first-order valence-corrected chi connectivity index (χ1v) is 5.89. The Morgan fingerprint density at radius 2 is 2.06 bits per heavy atom. The summed E-state index contributed by atoms with van der Waals surface area (Å²) in [7, 11) is 0. The highest BCUT2D eigenvalue weighted by atomic mass is 19.1. The minimum Gasteiger partial charge on any atom is -0.484 e. The van der Waals surface area contributed by atoms with Crippen LogP contribution in [0.5, 0.6) is 5.75 Å². The standard InChI is InChI=1S/C13H16FNO3/c14-10-1-3-11(4-2-10)18-7-12(17)15-8-13(9-16)5-6-13/h1-4,16H,5-9H2,(H,15,17). The van der Waals surface area contributed by atoms with Gasteiger partial charge in [-0.3, -0.25) is 4.79 Å². The molecule has 0 radical (unpaired) electrons. The SMILES string of the molecule is O=C(COc1ccc(F)cc1)NCC1(CO)CC1. The molecule has 1 fully saturated rings. The first-order valence-electron chi connectivity index (χ1n) is 5.89. The van der Waals surface area contributed by atoms with Crippen LogP contribution in [0.3, 0.4) is 0 Å². The van der Waals surface area contributed by atoms with Gasteiger partial charge in [0.1, 0.15) is 11.6 Å². The van der Waals surface area contributed by atoms with Crippen LogP contribution in [0.2, 0.25) is 0 Å². The van der Waals surface area contributed by atoms with Crippen LogP contribution in [0, 0.1) is 11.2 Å². The van der Waals surface area contributed by atoms with E-state index in [1.165, 1.54) is 24.3 Å². The molecule has 1 aromatic rings. The lowest BCUT2D eigenvalue weighted by Crippen LogP contribution is -2.35. The van der Waals surface area contributed by atoms with Gasteiger partial charge in [-0.1, -0.05) is 0 Å². The number of benzene rings is 1. The van der Waals surface area contributed by atoms with Gasteiger partial charge >= 0.3 is 0 Å². The molecular weight excluding hydrogens is 237 g/mol. The summed E-state index contributed by atoms with van der Waals surface area (Å²) in [5.41, 5.74) is -0.106. The molecule has 0 aromatic heterocycles. The Kier molecular flexibility index (Phi) is 3.81. The van der Waals surface area contributed by atoms with Crippen molar-refractivity contribution in [1.29, 1.82) is 0 Å². The molecule has 4 nitrogen and oxygen atoms in total. The van der Waals surface area contributed by atoms with Crippen molar-refractivity contribution in [1.82, 2.24) is 5.32 Å². The van der Waals surface area contributed by atoms with Gasteiger partial charge in [-0.25, -0.2) is 4.39 Å². The van der Waals surface area contributed by atoms with Gasteiger partial charge in [-0.15, -0.1) is 0 Å². The lowest BCUT2D eigenvalue weighted by molar-refractivity contribution is -0.123. The van der Waals surface area contributed by atoms with Crippen LogP contribution in [0.4, 0.5) is 4.39 Å². The van der Waals surface area contributed by atoms with Gasteiger partial charge in [-0.2, -0.15) is 0 Å². The van der Waals surface area contributed by atoms with Crippen LogP contribution in [-0.4, -0.2) is 30.8 Å². The highest BCUT2D eigenvalue weighted by molar-refractivity contribution is 5.77. The Bertz CT molecular complexity index is 415. The number of aliphatic hydroxyl groups excluding tert-OH is 1. The van der Waals surface area contributed by atoms with Gasteiger partial charge in [0, 0.05) is 12.0 Å². The van der Waals surface area contributed by atoms with Crippen LogP contribution in [-0.2, 0) is 4.79 Å². The molecule has 5 heteroatoms. The predicted octanol–water partition coefficient (Wildman–Crippen LogP) is 1.09. The maximum atomic E-state index is 12.6. The third kappa shape index (κ3) is 3.43. The number of carbonyl (C=O) groups excluding carboxylic acids is 1. The fraction of sp³-hybridized carbons (Fsp3) is 0.462. The summed E-state index contributed by atoms with van der Waals surface area (Å²) in [5, 5.41) is 11.8. The topological polar surface area (TPSA) is 58.6 Å². The largest absolute Gasteiger partial charge is 0.484 e. The number of nitrogens with one attached hydrogen (secondary N) is 1. The molecule has 1 amide bonds. The second-order valence-electron chi connectivity index (χ2n) is 4.68. The molecular formula is C13H16FNO3. The highest BCUT2D eigenvalue weighted by Crippen LogP contribution is 2.44. The summed E-state index contributed by atoms with van der Waals surface area (Å²) in [6, 6.07) is 5.49. The highest BCUT2D eigenvalue weighted by Gasteiger charge is 2.41. The Labute approximate surface area is 105 Å². The molecule has 0 bridgehead atoms. The van der Waals surface area contributed by atoms with Crippen LogP contribution >= 0.6 is 0 Å². The van der Waals surface area contributed by atoms with Crippen molar-refractivity contribution in [3.05, 3.63) is 30.1 Å². The van der Waals surface area contributed by atoms with E-state index in [-0.39, 0.29) is 30.4 Å². The fourth-order valence-electron chi connectivity index (χ4n) is 1.58. The zero-order chi connectivity index (χ0) is 13.0.